The zero-order chi connectivity index (χ0) is 27.8. The van der Waals surface area contributed by atoms with Crippen molar-refractivity contribution in [3.8, 4) is 23.0 Å². The van der Waals surface area contributed by atoms with Crippen LogP contribution in [0.2, 0.25) is 0 Å². The highest BCUT2D eigenvalue weighted by Crippen LogP contribution is 2.40. The number of benzene rings is 3. The summed E-state index contributed by atoms with van der Waals surface area (Å²) in [4.78, 5) is 13.3. The number of hydrogen-bond donors (Lipinski definition) is 1. The molecular weight excluding hydrogens is 520 g/mol. The number of para-hydroxylation sites is 2. The van der Waals surface area contributed by atoms with Crippen molar-refractivity contribution in [3.63, 3.8) is 0 Å². The van der Waals surface area contributed by atoms with Crippen LogP contribution in [-0.4, -0.2) is 53.3 Å². The number of nitrogens with zero attached hydrogens (tertiary/aromatic N) is 1. The van der Waals surface area contributed by atoms with Crippen molar-refractivity contribution in [3.05, 3.63) is 72.3 Å². The third kappa shape index (κ3) is 5.47. The highest BCUT2D eigenvalue weighted by Gasteiger charge is 2.38. The smallest absolute Gasteiger partial charge is 0.264 e. The lowest BCUT2D eigenvalue weighted by molar-refractivity contribution is -0.128. The molecule has 0 saturated heterocycles. The molecule has 0 saturated carbocycles. The number of nitrogens with one attached hydrogen (secondary N) is 1. The lowest BCUT2D eigenvalue weighted by atomic mass is 9.86. The number of carbonyl (C=O) groups is 1. The number of amides is 1. The molecule has 0 fully saturated rings. The van der Waals surface area contributed by atoms with Crippen LogP contribution in [0.5, 0.6) is 23.0 Å². The van der Waals surface area contributed by atoms with Gasteiger partial charge in [-0.25, -0.2) is 8.42 Å². The van der Waals surface area contributed by atoms with Crippen LogP contribution in [-0.2, 0) is 20.2 Å². The van der Waals surface area contributed by atoms with Gasteiger partial charge in [-0.3, -0.25) is 9.10 Å². The van der Waals surface area contributed by atoms with E-state index in [0.29, 0.717) is 28.7 Å². The summed E-state index contributed by atoms with van der Waals surface area (Å²) in [5, 5.41) is 2.84. The largest absolute Gasteiger partial charge is 0.497 e. The summed E-state index contributed by atoms with van der Waals surface area (Å²) in [6.45, 7) is 6.41. The van der Waals surface area contributed by atoms with Crippen LogP contribution in [0.3, 0.4) is 0 Å². The molecule has 3 aromatic rings. The Morgan fingerprint density at radius 2 is 1.72 bits per heavy atom. The molecule has 0 spiro atoms. The van der Waals surface area contributed by atoms with E-state index in [9.17, 15) is 13.2 Å². The number of rotatable bonds is 6. The Hall–Kier alpha value is -3.92. The zero-order valence-electron chi connectivity index (χ0n) is 22.3. The second-order valence-electron chi connectivity index (χ2n) is 10.5. The Kier molecular flexibility index (Phi) is 7.07. The zero-order valence-corrected chi connectivity index (χ0v) is 23.2. The lowest BCUT2D eigenvalue weighted by Gasteiger charge is -2.36. The first kappa shape index (κ1) is 26.7. The summed E-state index contributed by atoms with van der Waals surface area (Å²) in [5.74, 6) is 1.68. The van der Waals surface area contributed by atoms with E-state index < -0.39 is 28.1 Å². The Morgan fingerprint density at radius 1 is 1.00 bits per heavy atom. The van der Waals surface area contributed by atoms with Crippen LogP contribution in [0.25, 0.3) is 0 Å². The third-order valence-corrected chi connectivity index (χ3v) is 8.50. The van der Waals surface area contributed by atoms with E-state index in [-0.39, 0.29) is 30.0 Å². The molecule has 0 bridgehead atoms. The van der Waals surface area contributed by atoms with E-state index in [1.165, 1.54) is 23.5 Å². The molecule has 1 N–H and O–H groups in total. The quantitative estimate of drug-likeness (QED) is 0.495. The summed E-state index contributed by atoms with van der Waals surface area (Å²) in [5.41, 5.74) is 1.11. The highest BCUT2D eigenvalue weighted by atomic mass is 32.2. The predicted octanol–water partition coefficient (Wildman–Crippen LogP) is 3.91. The van der Waals surface area contributed by atoms with E-state index in [4.69, 9.17) is 18.9 Å². The molecule has 0 aromatic heterocycles. The molecule has 10 heteroatoms. The van der Waals surface area contributed by atoms with Crippen molar-refractivity contribution in [1.29, 1.82) is 0 Å². The molecule has 5 rings (SSSR count). The highest BCUT2D eigenvalue weighted by molar-refractivity contribution is 7.92. The predicted molar refractivity (Wildman–Crippen MR) is 146 cm³/mol. The minimum atomic E-state index is -4.02. The van der Waals surface area contributed by atoms with Gasteiger partial charge in [-0.2, -0.15) is 0 Å². The fraction of sp³-hybridized carbons (Fsp3) is 0.345. The van der Waals surface area contributed by atoms with Crippen molar-refractivity contribution >= 4 is 21.6 Å². The molecule has 2 heterocycles. The number of sulfonamides is 1. The van der Waals surface area contributed by atoms with Crippen molar-refractivity contribution in [1.82, 2.24) is 5.32 Å². The summed E-state index contributed by atoms with van der Waals surface area (Å²) < 4.78 is 51.9. The van der Waals surface area contributed by atoms with Gasteiger partial charge in [-0.05, 0) is 59.5 Å². The number of fused-ring (bicyclic) bond motifs is 2. The second kappa shape index (κ2) is 10.3. The summed E-state index contributed by atoms with van der Waals surface area (Å²) in [6, 6.07) is 18.9. The average molecular weight is 553 g/mol. The molecule has 206 valence electrons. The molecule has 9 nitrogen and oxygen atoms in total. The molecule has 2 atom stereocenters. The maximum absolute atomic E-state index is 13.9. The van der Waals surface area contributed by atoms with Gasteiger partial charge < -0.3 is 24.3 Å². The minimum Gasteiger partial charge on any atom is -0.497 e. The fourth-order valence-electron chi connectivity index (χ4n) is 4.45. The molecule has 2 aliphatic heterocycles. The maximum atomic E-state index is 13.9. The topological polar surface area (TPSA) is 103 Å². The van der Waals surface area contributed by atoms with Crippen LogP contribution in [0.4, 0.5) is 5.69 Å². The van der Waals surface area contributed by atoms with Gasteiger partial charge in [0.25, 0.3) is 15.9 Å². The number of hydrogen-bond acceptors (Lipinski definition) is 7. The van der Waals surface area contributed by atoms with Crippen LogP contribution in [0.15, 0.2) is 71.6 Å². The monoisotopic (exact) mass is 552 g/mol. The van der Waals surface area contributed by atoms with Gasteiger partial charge in [0.05, 0.1) is 30.8 Å². The van der Waals surface area contributed by atoms with Gasteiger partial charge in [0.2, 0.25) is 0 Å². The number of methoxy groups -OCH3 is 1. The van der Waals surface area contributed by atoms with E-state index >= 15 is 0 Å². The van der Waals surface area contributed by atoms with E-state index in [0.717, 1.165) is 5.56 Å². The summed E-state index contributed by atoms with van der Waals surface area (Å²) >= 11 is 0. The van der Waals surface area contributed by atoms with Gasteiger partial charge in [-0.1, -0.05) is 39.0 Å². The van der Waals surface area contributed by atoms with E-state index in [2.05, 4.69) is 5.32 Å². The number of anilines is 1. The molecule has 2 aliphatic rings. The molecule has 1 amide bonds. The van der Waals surface area contributed by atoms with Crippen molar-refractivity contribution in [2.45, 2.75) is 43.3 Å². The Balaban J connectivity index is 1.39. The first-order valence-electron chi connectivity index (χ1n) is 12.7. The van der Waals surface area contributed by atoms with Gasteiger partial charge in [0.15, 0.2) is 17.6 Å². The van der Waals surface area contributed by atoms with Gasteiger partial charge in [0, 0.05) is 0 Å². The Bertz CT molecular complexity index is 1470. The van der Waals surface area contributed by atoms with Crippen LogP contribution < -0.4 is 28.6 Å². The molecule has 3 aromatic carbocycles. The molecule has 0 radical (unpaired) electrons. The lowest BCUT2D eigenvalue weighted by Crippen LogP contribution is -2.52. The van der Waals surface area contributed by atoms with Crippen molar-refractivity contribution in [2.75, 3.05) is 31.1 Å². The molecule has 39 heavy (non-hydrogen) atoms. The number of ether oxygens (including phenoxy) is 4. The van der Waals surface area contributed by atoms with Crippen molar-refractivity contribution in [2.24, 2.45) is 0 Å². The van der Waals surface area contributed by atoms with Crippen LogP contribution in [0, 0.1) is 0 Å². The normalized spacial score (nSPS) is 18.5. The first-order valence-corrected chi connectivity index (χ1v) is 14.1. The molecular formula is C29H32N2O7S. The Labute approximate surface area is 228 Å². The van der Waals surface area contributed by atoms with Crippen molar-refractivity contribution < 1.29 is 32.2 Å². The first-order chi connectivity index (χ1) is 18.6. The standard InChI is InChI=1S/C29H32N2O7S/c1-29(2,3)19-9-14-24-23(15-19)31(39(33,34)22-12-10-20(35-4)11-13-22)17-27(38-24)28(32)30-16-21-18-36-25-7-5-6-8-26(25)37-21/h5-15,21,27H,16-18H2,1-4H3,(H,30,32)/t21-,27-/m0/s1. The average Bonchev–Trinajstić information content (AvgIpc) is 2.94. The van der Waals surface area contributed by atoms with Gasteiger partial charge in [-0.15, -0.1) is 0 Å². The van der Waals surface area contributed by atoms with E-state index in [1.807, 2.05) is 51.1 Å². The fourth-order valence-corrected chi connectivity index (χ4v) is 5.92. The summed E-state index contributed by atoms with van der Waals surface area (Å²) in [6.07, 6.45) is -1.46. The third-order valence-electron chi connectivity index (χ3n) is 6.71. The number of carbonyl (C=O) groups excluding carboxylic acids is 1. The minimum absolute atomic E-state index is 0.0860. The molecule has 0 aliphatic carbocycles. The van der Waals surface area contributed by atoms with Gasteiger partial charge in [0.1, 0.15) is 24.2 Å². The van der Waals surface area contributed by atoms with Crippen LogP contribution >= 0.6 is 0 Å². The van der Waals surface area contributed by atoms with E-state index in [1.54, 1.807) is 24.3 Å². The second-order valence-corrected chi connectivity index (χ2v) is 12.4. The Morgan fingerprint density at radius 3 is 2.41 bits per heavy atom. The molecule has 0 unspecified atom stereocenters. The summed E-state index contributed by atoms with van der Waals surface area (Å²) in [7, 11) is -2.51. The maximum Gasteiger partial charge on any atom is 0.264 e. The SMILES string of the molecule is COc1ccc(S(=O)(=O)N2C[C@@H](C(=O)NC[C@H]3COc4ccccc4O3)Oc3ccc(C(C)(C)C)cc32)cc1. The van der Waals surface area contributed by atoms with Crippen LogP contribution in [0.1, 0.15) is 26.3 Å². The van der Waals surface area contributed by atoms with Gasteiger partial charge >= 0.3 is 0 Å².